The Morgan fingerprint density at radius 2 is 2.24 bits per heavy atom. The average molecular weight is 275 g/mol. The Kier molecular flexibility index (Phi) is 4.98. The molecular weight excluding hydrogens is 256 g/mol. The highest BCUT2D eigenvalue weighted by Gasteiger charge is 2.24. The van der Waals surface area contributed by atoms with E-state index in [2.05, 4.69) is 19.2 Å². The van der Waals surface area contributed by atoms with Crippen LogP contribution in [0, 0.1) is 13.8 Å². The summed E-state index contributed by atoms with van der Waals surface area (Å²) in [7, 11) is 1.91. The highest BCUT2D eigenvalue weighted by Crippen LogP contribution is 2.23. The molecule has 1 aliphatic rings. The minimum Gasteiger partial charge on any atom is -0.337 e. The molecule has 1 amide bonds. The number of hydrogen-bond donors (Lipinski definition) is 1. The van der Waals surface area contributed by atoms with E-state index in [4.69, 9.17) is 0 Å². The number of halogens is 1. The molecule has 17 heavy (non-hydrogen) atoms. The topological polar surface area (TPSA) is 32.3 Å². The molecule has 1 aromatic heterocycles. The zero-order valence-electron chi connectivity index (χ0n) is 10.4. The zero-order chi connectivity index (χ0) is 11.7. The molecule has 1 aromatic rings. The third kappa shape index (κ3) is 3.00. The van der Waals surface area contributed by atoms with Crippen molar-refractivity contribution in [3.05, 3.63) is 21.4 Å². The van der Waals surface area contributed by atoms with Crippen LogP contribution in [0.2, 0.25) is 0 Å². The molecule has 1 saturated heterocycles. The number of rotatable bonds is 2. The van der Waals surface area contributed by atoms with Gasteiger partial charge in [0.1, 0.15) is 0 Å². The Balaban J connectivity index is 0.00000144. The molecular formula is C12H19ClN2OS. The quantitative estimate of drug-likeness (QED) is 0.897. The van der Waals surface area contributed by atoms with Crippen LogP contribution >= 0.6 is 23.7 Å². The van der Waals surface area contributed by atoms with Crippen LogP contribution < -0.4 is 5.32 Å². The van der Waals surface area contributed by atoms with Crippen molar-refractivity contribution in [2.75, 3.05) is 20.1 Å². The van der Waals surface area contributed by atoms with Crippen molar-refractivity contribution >= 4 is 29.7 Å². The predicted molar refractivity (Wildman–Crippen MR) is 74.4 cm³/mol. The van der Waals surface area contributed by atoms with Gasteiger partial charge in [-0.05, 0) is 38.4 Å². The fourth-order valence-corrected chi connectivity index (χ4v) is 3.00. The van der Waals surface area contributed by atoms with Crippen molar-refractivity contribution in [3.63, 3.8) is 0 Å². The predicted octanol–water partition coefficient (Wildman–Crippen LogP) is 2.22. The minimum absolute atomic E-state index is 0. The van der Waals surface area contributed by atoms with E-state index in [0.717, 1.165) is 24.4 Å². The van der Waals surface area contributed by atoms with Crippen LogP contribution in [0.4, 0.5) is 0 Å². The second-order valence-corrected chi connectivity index (χ2v) is 5.67. The standard InChI is InChI=1S/C12H18N2OS.ClH/c1-8-6-11(16-9(8)2)12(15)14(3)10-4-5-13-7-10;/h6,10,13H,4-5,7H2,1-3H3;1H. The van der Waals surface area contributed by atoms with Crippen molar-refractivity contribution < 1.29 is 4.79 Å². The maximum atomic E-state index is 12.2. The third-order valence-corrected chi connectivity index (χ3v) is 4.42. The molecule has 1 fully saturated rings. The fourth-order valence-electron chi connectivity index (χ4n) is 1.99. The lowest BCUT2D eigenvalue weighted by Gasteiger charge is -2.22. The molecule has 0 aromatic carbocycles. The van der Waals surface area contributed by atoms with Gasteiger partial charge >= 0.3 is 0 Å². The first-order chi connectivity index (χ1) is 7.59. The third-order valence-electron chi connectivity index (χ3n) is 3.28. The first-order valence-electron chi connectivity index (χ1n) is 5.64. The monoisotopic (exact) mass is 274 g/mol. The first-order valence-corrected chi connectivity index (χ1v) is 6.46. The summed E-state index contributed by atoms with van der Waals surface area (Å²) in [6.07, 6.45) is 1.06. The molecule has 5 heteroatoms. The van der Waals surface area contributed by atoms with Gasteiger partial charge in [0.15, 0.2) is 0 Å². The highest BCUT2D eigenvalue weighted by molar-refractivity contribution is 7.14. The minimum atomic E-state index is 0. The van der Waals surface area contributed by atoms with Gasteiger partial charge in [-0.1, -0.05) is 0 Å². The fraction of sp³-hybridized carbons (Fsp3) is 0.583. The van der Waals surface area contributed by atoms with E-state index in [0.29, 0.717) is 6.04 Å². The Morgan fingerprint density at radius 3 is 2.71 bits per heavy atom. The van der Waals surface area contributed by atoms with Crippen molar-refractivity contribution in [1.82, 2.24) is 10.2 Å². The van der Waals surface area contributed by atoms with Crippen LogP contribution in [-0.2, 0) is 0 Å². The van der Waals surface area contributed by atoms with Gasteiger partial charge in [0.25, 0.3) is 5.91 Å². The summed E-state index contributed by atoms with van der Waals surface area (Å²) in [5.41, 5.74) is 1.21. The summed E-state index contributed by atoms with van der Waals surface area (Å²) in [5, 5.41) is 3.29. The van der Waals surface area contributed by atoms with Gasteiger partial charge in [0, 0.05) is 24.5 Å². The molecule has 3 nitrogen and oxygen atoms in total. The summed E-state index contributed by atoms with van der Waals surface area (Å²) >= 11 is 1.60. The van der Waals surface area contributed by atoms with Crippen LogP contribution in [0.1, 0.15) is 26.5 Å². The van der Waals surface area contributed by atoms with E-state index >= 15 is 0 Å². The highest BCUT2D eigenvalue weighted by atomic mass is 35.5. The lowest BCUT2D eigenvalue weighted by molar-refractivity contribution is 0.0748. The second-order valence-electron chi connectivity index (χ2n) is 4.41. The van der Waals surface area contributed by atoms with E-state index in [1.54, 1.807) is 11.3 Å². The number of hydrogen-bond acceptors (Lipinski definition) is 3. The average Bonchev–Trinajstić information content (AvgIpc) is 2.87. The zero-order valence-corrected chi connectivity index (χ0v) is 12.1. The van der Waals surface area contributed by atoms with E-state index in [9.17, 15) is 4.79 Å². The molecule has 0 spiro atoms. The molecule has 1 N–H and O–H groups in total. The summed E-state index contributed by atoms with van der Waals surface area (Å²) in [6, 6.07) is 2.36. The van der Waals surface area contributed by atoms with Crippen LogP contribution in [0.3, 0.4) is 0 Å². The maximum absolute atomic E-state index is 12.2. The number of thiophene rings is 1. The lowest BCUT2D eigenvalue weighted by Crippen LogP contribution is -2.37. The molecule has 2 rings (SSSR count). The van der Waals surface area contributed by atoms with Crippen LogP contribution in [-0.4, -0.2) is 37.0 Å². The molecule has 0 saturated carbocycles. The molecule has 0 aliphatic carbocycles. The Labute approximate surface area is 113 Å². The van der Waals surface area contributed by atoms with E-state index in [1.807, 2.05) is 18.0 Å². The van der Waals surface area contributed by atoms with Gasteiger partial charge in [-0.25, -0.2) is 0 Å². The van der Waals surface area contributed by atoms with Gasteiger partial charge in [0.05, 0.1) is 4.88 Å². The Morgan fingerprint density at radius 1 is 1.53 bits per heavy atom. The van der Waals surface area contributed by atoms with Gasteiger partial charge in [0.2, 0.25) is 0 Å². The largest absolute Gasteiger partial charge is 0.337 e. The van der Waals surface area contributed by atoms with Crippen molar-refractivity contribution in [2.45, 2.75) is 26.3 Å². The molecule has 1 aliphatic heterocycles. The molecule has 0 bridgehead atoms. The normalized spacial score (nSPS) is 18.9. The van der Waals surface area contributed by atoms with Gasteiger partial charge in [-0.2, -0.15) is 0 Å². The van der Waals surface area contributed by atoms with E-state index < -0.39 is 0 Å². The van der Waals surface area contributed by atoms with Gasteiger partial charge in [-0.3, -0.25) is 4.79 Å². The number of likely N-dealkylation sites (N-methyl/N-ethyl adjacent to an activating group) is 1. The number of nitrogens with zero attached hydrogens (tertiary/aromatic N) is 1. The van der Waals surface area contributed by atoms with Crippen LogP contribution in [0.25, 0.3) is 0 Å². The number of carbonyl (C=O) groups is 1. The number of amides is 1. The van der Waals surface area contributed by atoms with Crippen molar-refractivity contribution in [3.8, 4) is 0 Å². The van der Waals surface area contributed by atoms with E-state index in [1.165, 1.54) is 10.4 Å². The summed E-state index contributed by atoms with van der Waals surface area (Å²) in [4.78, 5) is 16.2. The van der Waals surface area contributed by atoms with Crippen molar-refractivity contribution in [2.24, 2.45) is 0 Å². The van der Waals surface area contributed by atoms with Crippen LogP contribution in [0.5, 0.6) is 0 Å². The smallest absolute Gasteiger partial charge is 0.263 e. The number of nitrogens with one attached hydrogen (secondary N) is 1. The Bertz CT molecular complexity index is 380. The number of aryl methyl sites for hydroxylation is 2. The molecule has 0 radical (unpaired) electrons. The first kappa shape index (κ1) is 14.5. The summed E-state index contributed by atoms with van der Waals surface area (Å²) < 4.78 is 0. The maximum Gasteiger partial charge on any atom is 0.263 e. The SMILES string of the molecule is Cc1cc(C(=O)N(C)C2CCNC2)sc1C.Cl. The summed E-state index contributed by atoms with van der Waals surface area (Å²) in [5.74, 6) is 0.162. The molecule has 96 valence electrons. The van der Waals surface area contributed by atoms with Gasteiger partial charge in [-0.15, -0.1) is 23.7 Å². The molecule has 2 heterocycles. The lowest BCUT2D eigenvalue weighted by atomic mass is 10.2. The second kappa shape index (κ2) is 5.85. The Hall–Kier alpha value is -0.580. The molecule has 1 unspecified atom stereocenters. The van der Waals surface area contributed by atoms with Gasteiger partial charge < -0.3 is 10.2 Å². The number of carbonyl (C=O) groups excluding carboxylic acids is 1. The van der Waals surface area contributed by atoms with Crippen molar-refractivity contribution in [1.29, 1.82) is 0 Å². The summed E-state index contributed by atoms with van der Waals surface area (Å²) in [6.45, 7) is 6.06. The van der Waals surface area contributed by atoms with Crippen LogP contribution in [0.15, 0.2) is 6.07 Å². The van der Waals surface area contributed by atoms with E-state index in [-0.39, 0.29) is 18.3 Å². The molecule has 1 atom stereocenters.